The molecule has 5 nitrogen and oxygen atoms in total. The van der Waals surface area contributed by atoms with Crippen LogP contribution < -0.4 is 5.32 Å². The summed E-state index contributed by atoms with van der Waals surface area (Å²) in [6.45, 7) is 2.62. The van der Waals surface area contributed by atoms with Crippen LogP contribution >= 0.6 is 0 Å². The maximum Gasteiger partial charge on any atom is 0.152 e. The van der Waals surface area contributed by atoms with E-state index in [1.165, 1.54) is 0 Å². The Morgan fingerprint density at radius 1 is 1.19 bits per heavy atom. The summed E-state index contributed by atoms with van der Waals surface area (Å²) < 4.78 is 5.62. The molecule has 21 heavy (non-hydrogen) atoms. The van der Waals surface area contributed by atoms with Gasteiger partial charge in [-0.2, -0.15) is 5.10 Å². The summed E-state index contributed by atoms with van der Waals surface area (Å²) >= 11 is 0. The molecule has 0 atom stereocenters. The van der Waals surface area contributed by atoms with E-state index >= 15 is 0 Å². The summed E-state index contributed by atoms with van der Waals surface area (Å²) in [6.07, 6.45) is 1.79. The Hall–Kier alpha value is -2.53. The molecule has 0 bridgehead atoms. The first-order valence-corrected chi connectivity index (χ1v) is 6.79. The van der Waals surface area contributed by atoms with Crippen molar-refractivity contribution < 1.29 is 9.52 Å². The van der Waals surface area contributed by atoms with E-state index in [0.717, 1.165) is 34.0 Å². The van der Waals surface area contributed by atoms with Crippen molar-refractivity contribution in [1.82, 2.24) is 10.2 Å². The monoisotopic (exact) mass is 283 g/mol. The highest BCUT2D eigenvalue weighted by Gasteiger charge is 2.10. The molecule has 3 rings (SSSR count). The standard InChI is InChI=1S/C16H17N3O2/c1-11-2-7-15(21-11)16-13(9-18-19-16)8-17-14-5-3-12(10-20)4-6-14/h2-7,9,17,20H,8,10H2,1H3,(H,18,19). The predicted octanol–water partition coefficient (Wildman–Crippen LogP) is 3.08. The molecule has 2 heterocycles. The van der Waals surface area contributed by atoms with Crippen LogP contribution in [0.3, 0.4) is 0 Å². The van der Waals surface area contributed by atoms with Gasteiger partial charge in [0.1, 0.15) is 11.5 Å². The topological polar surface area (TPSA) is 74.1 Å². The van der Waals surface area contributed by atoms with Gasteiger partial charge < -0.3 is 14.8 Å². The molecule has 0 fully saturated rings. The molecule has 0 unspecified atom stereocenters. The number of nitrogens with one attached hydrogen (secondary N) is 2. The fraction of sp³-hybridized carbons (Fsp3) is 0.188. The third-order valence-corrected chi connectivity index (χ3v) is 3.32. The Labute approximate surface area is 122 Å². The molecule has 0 radical (unpaired) electrons. The van der Waals surface area contributed by atoms with Crippen LogP contribution in [-0.4, -0.2) is 15.3 Å². The van der Waals surface area contributed by atoms with E-state index in [4.69, 9.17) is 9.52 Å². The van der Waals surface area contributed by atoms with Crippen molar-refractivity contribution in [1.29, 1.82) is 0 Å². The van der Waals surface area contributed by atoms with Crippen LogP contribution in [0.5, 0.6) is 0 Å². The lowest BCUT2D eigenvalue weighted by atomic mass is 10.2. The lowest BCUT2D eigenvalue weighted by Gasteiger charge is -2.07. The number of furan rings is 1. The molecule has 0 saturated carbocycles. The lowest BCUT2D eigenvalue weighted by Crippen LogP contribution is -1.99. The van der Waals surface area contributed by atoms with Crippen LogP contribution in [0.4, 0.5) is 5.69 Å². The zero-order chi connectivity index (χ0) is 14.7. The lowest BCUT2D eigenvalue weighted by molar-refractivity contribution is 0.282. The Bertz CT molecular complexity index is 713. The first-order chi connectivity index (χ1) is 10.3. The van der Waals surface area contributed by atoms with E-state index in [1.807, 2.05) is 43.3 Å². The second kappa shape index (κ2) is 5.85. The van der Waals surface area contributed by atoms with E-state index in [1.54, 1.807) is 6.20 Å². The average Bonchev–Trinajstić information content (AvgIpc) is 3.14. The highest BCUT2D eigenvalue weighted by Crippen LogP contribution is 2.24. The fourth-order valence-electron chi connectivity index (χ4n) is 2.15. The molecule has 2 aromatic heterocycles. The molecule has 3 N–H and O–H groups in total. The van der Waals surface area contributed by atoms with Gasteiger partial charge in [-0.25, -0.2) is 0 Å². The fourth-order valence-corrected chi connectivity index (χ4v) is 2.15. The van der Waals surface area contributed by atoms with Gasteiger partial charge in [0.15, 0.2) is 5.76 Å². The highest BCUT2D eigenvalue weighted by atomic mass is 16.3. The third kappa shape index (κ3) is 2.98. The molecule has 3 aromatic rings. The molecular weight excluding hydrogens is 266 g/mol. The third-order valence-electron chi connectivity index (χ3n) is 3.32. The van der Waals surface area contributed by atoms with E-state index in [-0.39, 0.29) is 6.61 Å². The number of anilines is 1. The van der Waals surface area contributed by atoms with Gasteiger partial charge in [-0.3, -0.25) is 5.10 Å². The van der Waals surface area contributed by atoms with Crippen molar-refractivity contribution in [2.24, 2.45) is 0 Å². The van der Waals surface area contributed by atoms with Crippen LogP contribution in [-0.2, 0) is 13.2 Å². The summed E-state index contributed by atoms with van der Waals surface area (Å²) in [6, 6.07) is 11.6. The SMILES string of the molecule is Cc1ccc(-c2[nH]ncc2CNc2ccc(CO)cc2)o1. The zero-order valence-electron chi connectivity index (χ0n) is 11.8. The molecule has 0 amide bonds. The average molecular weight is 283 g/mol. The Morgan fingerprint density at radius 3 is 2.67 bits per heavy atom. The number of aliphatic hydroxyl groups is 1. The molecule has 5 heteroatoms. The second-order valence-electron chi connectivity index (χ2n) is 4.89. The van der Waals surface area contributed by atoms with Crippen molar-refractivity contribution in [3.8, 4) is 11.5 Å². The van der Waals surface area contributed by atoms with Crippen LogP contribution in [0.1, 0.15) is 16.9 Å². The minimum Gasteiger partial charge on any atom is -0.460 e. The summed E-state index contributed by atoms with van der Waals surface area (Å²) in [5.74, 6) is 1.66. The van der Waals surface area contributed by atoms with Crippen LogP contribution in [0, 0.1) is 6.92 Å². The smallest absolute Gasteiger partial charge is 0.152 e. The zero-order valence-corrected chi connectivity index (χ0v) is 11.8. The number of hydrogen-bond acceptors (Lipinski definition) is 4. The quantitative estimate of drug-likeness (QED) is 0.672. The summed E-state index contributed by atoms with van der Waals surface area (Å²) in [7, 11) is 0. The summed E-state index contributed by atoms with van der Waals surface area (Å²) in [4.78, 5) is 0. The molecule has 0 saturated heterocycles. The van der Waals surface area contributed by atoms with Crippen LogP contribution in [0.25, 0.3) is 11.5 Å². The minimum absolute atomic E-state index is 0.0595. The number of nitrogens with zero attached hydrogens (tertiary/aromatic N) is 1. The number of aliphatic hydroxyl groups excluding tert-OH is 1. The van der Waals surface area contributed by atoms with Crippen molar-refractivity contribution in [3.05, 3.63) is 59.5 Å². The number of benzene rings is 1. The Morgan fingerprint density at radius 2 is 2.00 bits per heavy atom. The number of aromatic amines is 1. The predicted molar refractivity (Wildman–Crippen MR) is 80.7 cm³/mol. The van der Waals surface area contributed by atoms with Gasteiger partial charge in [0.05, 0.1) is 12.8 Å². The Balaban J connectivity index is 1.72. The normalized spacial score (nSPS) is 10.8. The van der Waals surface area contributed by atoms with Crippen LogP contribution in [0.15, 0.2) is 47.0 Å². The van der Waals surface area contributed by atoms with Crippen LogP contribution in [0.2, 0.25) is 0 Å². The molecular formula is C16H17N3O2. The number of aryl methyl sites for hydroxylation is 1. The van der Waals surface area contributed by atoms with Gasteiger partial charge in [-0.15, -0.1) is 0 Å². The van der Waals surface area contributed by atoms with Gasteiger partial charge in [-0.05, 0) is 36.8 Å². The highest BCUT2D eigenvalue weighted by molar-refractivity contribution is 5.58. The number of aromatic nitrogens is 2. The maximum absolute atomic E-state index is 9.03. The summed E-state index contributed by atoms with van der Waals surface area (Å²) in [5.41, 5.74) is 3.82. The van der Waals surface area contributed by atoms with Crippen molar-refractivity contribution >= 4 is 5.69 Å². The van der Waals surface area contributed by atoms with Crippen molar-refractivity contribution in [2.45, 2.75) is 20.1 Å². The molecule has 0 aliphatic heterocycles. The van der Waals surface area contributed by atoms with Gasteiger partial charge in [-0.1, -0.05) is 12.1 Å². The first kappa shape index (κ1) is 13.5. The van der Waals surface area contributed by atoms with Crippen molar-refractivity contribution in [2.75, 3.05) is 5.32 Å². The number of H-pyrrole nitrogens is 1. The molecule has 1 aromatic carbocycles. The molecule has 0 spiro atoms. The Kier molecular flexibility index (Phi) is 3.75. The van der Waals surface area contributed by atoms with Gasteiger partial charge in [0, 0.05) is 17.8 Å². The van der Waals surface area contributed by atoms with Gasteiger partial charge in [0.2, 0.25) is 0 Å². The second-order valence-corrected chi connectivity index (χ2v) is 4.89. The van der Waals surface area contributed by atoms with Gasteiger partial charge in [0.25, 0.3) is 0 Å². The van der Waals surface area contributed by atoms with E-state index in [0.29, 0.717) is 6.54 Å². The maximum atomic E-state index is 9.03. The first-order valence-electron chi connectivity index (χ1n) is 6.79. The van der Waals surface area contributed by atoms with E-state index in [9.17, 15) is 0 Å². The molecule has 0 aliphatic rings. The molecule has 108 valence electrons. The minimum atomic E-state index is 0.0595. The van der Waals surface area contributed by atoms with Crippen molar-refractivity contribution in [3.63, 3.8) is 0 Å². The number of rotatable bonds is 5. The summed E-state index contributed by atoms with van der Waals surface area (Å²) in [5, 5.41) is 19.4. The number of hydrogen-bond donors (Lipinski definition) is 3. The van der Waals surface area contributed by atoms with E-state index < -0.39 is 0 Å². The van der Waals surface area contributed by atoms with E-state index in [2.05, 4.69) is 15.5 Å². The molecule has 0 aliphatic carbocycles. The largest absolute Gasteiger partial charge is 0.460 e. The van der Waals surface area contributed by atoms with Gasteiger partial charge >= 0.3 is 0 Å².